The molecule has 9 heteroatoms. The van der Waals surface area contributed by atoms with Crippen LogP contribution in [0, 0.1) is 0 Å². The van der Waals surface area contributed by atoms with Gasteiger partial charge in [-0.15, -0.1) is 24.0 Å². The van der Waals surface area contributed by atoms with E-state index < -0.39 is 18.6 Å². The molecule has 0 heterocycles. The Morgan fingerprint density at radius 3 is 2.45 bits per heavy atom. The van der Waals surface area contributed by atoms with Gasteiger partial charge in [0.2, 0.25) is 5.91 Å². The summed E-state index contributed by atoms with van der Waals surface area (Å²) in [5.41, 5.74) is 1.03. The summed E-state index contributed by atoms with van der Waals surface area (Å²) >= 11 is 0. The molecule has 0 bridgehead atoms. The molecule has 29 heavy (non-hydrogen) atoms. The van der Waals surface area contributed by atoms with E-state index >= 15 is 0 Å². The van der Waals surface area contributed by atoms with Crippen molar-refractivity contribution in [3.63, 3.8) is 0 Å². The van der Waals surface area contributed by atoms with Gasteiger partial charge in [0.15, 0.2) is 5.96 Å². The number of carbonyl (C=O) groups is 1. The van der Waals surface area contributed by atoms with Gasteiger partial charge in [-0.1, -0.05) is 36.4 Å². The van der Waals surface area contributed by atoms with Crippen molar-refractivity contribution in [2.24, 2.45) is 4.99 Å². The fourth-order valence-electron chi connectivity index (χ4n) is 2.71. The van der Waals surface area contributed by atoms with E-state index in [0.29, 0.717) is 17.4 Å². The molecule has 0 spiro atoms. The first-order chi connectivity index (χ1) is 13.2. The fraction of sp³-hybridized carbons (Fsp3) is 0.400. The van der Waals surface area contributed by atoms with E-state index in [1.807, 2.05) is 50.2 Å². The van der Waals surface area contributed by atoms with E-state index in [0.717, 1.165) is 23.4 Å². The summed E-state index contributed by atoms with van der Waals surface area (Å²) in [4.78, 5) is 16.6. The first-order valence-corrected chi connectivity index (χ1v) is 9.04. The minimum atomic E-state index is -4.43. The van der Waals surface area contributed by atoms with Crippen molar-refractivity contribution in [1.29, 1.82) is 0 Å². The third-order valence-corrected chi connectivity index (χ3v) is 4.19. The molecule has 1 atom stereocenters. The van der Waals surface area contributed by atoms with E-state index in [9.17, 15) is 18.0 Å². The Bertz CT molecular complexity index is 842. The molecule has 0 aliphatic rings. The summed E-state index contributed by atoms with van der Waals surface area (Å²) in [6, 6.07) is 14.0. The summed E-state index contributed by atoms with van der Waals surface area (Å²) in [5, 5.41) is 8.44. The standard InChI is InChI=1S/C20H25F3N4O.HI/c1-4-24-19(25-12-18(28)27(3)13-20(21,22)23)26-14(2)16-10-9-15-7-5-6-8-17(15)11-16;/h5-11,14H,4,12-13H2,1-3H3,(H2,24,25,26);1H. The molecule has 0 saturated carbocycles. The molecule has 1 amide bonds. The Morgan fingerprint density at radius 2 is 1.83 bits per heavy atom. The molecular weight excluding hydrogens is 496 g/mol. The predicted molar refractivity (Wildman–Crippen MR) is 121 cm³/mol. The van der Waals surface area contributed by atoms with E-state index in [4.69, 9.17) is 0 Å². The highest BCUT2D eigenvalue weighted by molar-refractivity contribution is 14.0. The highest BCUT2D eigenvalue weighted by atomic mass is 127. The lowest BCUT2D eigenvalue weighted by Gasteiger charge is -2.20. The SMILES string of the molecule is CCNC(=NCC(=O)N(C)CC(F)(F)F)NC(C)c1ccc2ccccc2c1.I. The summed E-state index contributed by atoms with van der Waals surface area (Å²) in [6.07, 6.45) is -4.43. The zero-order valence-corrected chi connectivity index (χ0v) is 18.9. The van der Waals surface area contributed by atoms with Gasteiger partial charge in [-0.3, -0.25) is 4.79 Å². The number of carbonyl (C=O) groups excluding carboxylic acids is 1. The fourth-order valence-corrected chi connectivity index (χ4v) is 2.71. The molecule has 1 unspecified atom stereocenters. The number of fused-ring (bicyclic) bond motifs is 1. The largest absolute Gasteiger partial charge is 0.406 e. The number of benzene rings is 2. The number of rotatable bonds is 6. The van der Waals surface area contributed by atoms with E-state index in [2.05, 4.69) is 21.7 Å². The normalized spacial score (nSPS) is 12.8. The molecule has 2 rings (SSSR count). The maximum Gasteiger partial charge on any atom is 0.406 e. The molecule has 0 aromatic heterocycles. The number of amides is 1. The lowest BCUT2D eigenvalue weighted by molar-refractivity contribution is -0.157. The topological polar surface area (TPSA) is 56.7 Å². The highest BCUT2D eigenvalue weighted by Gasteiger charge is 2.31. The molecule has 0 aliphatic heterocycles. The molecular formula is C20H26F3IN4O. The second-order valence-electron chi connectivity index (χ2n) is 6.53. The van der Waals surface area contributed by atoms with Crippen LogP contribution in [0.1, 0.15) is 25.5 Å². The summed E-state index contributed by atoms with van der Waals surface area (Å²) in [7, 11) is 1.11. The maximum atomic E-state index is 12.4. The third kappa shape index (κ3) is 8.08. The van der Waals surface area contributed by atoms with Crippen molar-refractivity contribution in [2.75, 3.05) is 26.7 Å². The Balaban J connectivity index is 0.00000420. The average Bonchev–Trinajstić information content (AvgIpc) is 2.64. The number of hydrogen-bond donors (Lipinski definition) is 2. The van der Waals surface area contributed by atoms with Gasteiger partial charge in [-0.25, -0.2) is 4.99 Å². The number of alkyl halides is 3. The van der Waals surface area contributed by atoms with Crippen LogP contribution >= 0.6 is 24.0 Å². The number of guanidine groups is 1. The first kappa shape index (κ1) is 25.0. The van der Waals surface area contributed by atoms with Crippen LogP contribution in [0.5, 0.6) is 0 Å². The maximum absolute atomic E-state index is 12.4. The van der Waals surface area contributed by atoms with Crippen molar-refractivity contribution in [2.45, 2.75) is 26.1 Å². The Labute approximate surface area is 185 Å². The van der Waals surface area contributed by atoms with Crippen LogP contribution in [-0.4, -0.2) is 49.6 Å². The van der Waals surface area contributed by atoms with Crippen molar-refractivity contribution in [3.8, 4) is 0 Å². The van der Waals surface area contributed by atoms with Gasteiger partial charge >= 0.3 is 6.18 Å². The Morgan fingerprint density at radius 1 is 1.17 bits per heavy atom. The highest BCUT2D eigenvalue weighted by Crippen LogP contribution is 2.20. The monoisotopic (exact) mass is 522 g/mol. The van der Waals surface area contributed by atoms with Gasteiger partial charge in [-0.05, 0) is 36.2 Å². The molecule has 2 N–H and O–H groups in total. The van der Waals surface area contributed by atoms with Gasteiger partial charge in [0.1, 0.15) is 13.1 Å². The molecule has 2 aromatic rings. The van der Waals surface area contributed by atoms with Gasteiger partial charge < -0.3 is 15.5 Å². The molecule has 0 radical (unpaired) electrons. The lowest BCUT2D eigenvalue weighted by Crippen LogP contribution is -2.41. The zero-order valence-electron chi connectivity index (χ0n) is 16.6. The summed E-state index contributed by atoms with van der Waals surface area (Å²) < 4.78 is 37.2. The van der Waals surface area contributed by atoms with Gasteiger partial charge in [0.25, 0.3) is 0 Å². The Hall–Kier alpha value is -2.04. The number of halogens is 4. The quantitative estimate of drug-likeness (QED) is 0.342. The number of hydrogen-bond acceptors (Lipinski definition) is 2. The Kier molecular flexibility index (Phi) is 9.67. The number of nitrogens with one attached hydrogen (secondary N) is 2. The number of nitrogens with zero attached hydrogens (tertiary/aromatic N) is 2. The summed E-state index contributed by atoms with van der Waals surface area (Å²) in [6.45, 7) is 2.72. The molecule has 5 nitrogen and oxygen atoms in total. The minimum absolute atomic E-state index is 0. The van der Waals surface area contributed by atoms with Gasteiger partial charge in [-0.2, -0.15) is 13.2 Å². The predicted octanol–water partition coefficient (Wildman–Crippen LogP) is 4.09. The smallest absolute Gasteiger partial charge is 0.357 e. The van der Waals surface area contributed by atoms with E-state index in [1.165, 1.54) is 0 Å². The van der Waals surface area contributed by atoms with Crippen LogP contribution in [0.15, 0.2) is 47.5 Å². The lowest BCUT2D eigenvalue weighted by atomic mass is 10.0. The van der Waals surface area contributed by atoms with Crippen LogP contribution in [0.4, 0.5) is 13.2 Å². The van der Waals surface area contributed by atoms with Crippen LogP contribution < -0.4 is 10.6 Å². The molecule has 0 aliphatic carbocycles. The van der Waals surface area contributed by atoms with Crippen LogP contribution in [-0.2, 0) is 4.79 Å². The van der Waals surface area contributed by atoms with E-state index in [1.54, 1.807) is 0 Å². The molecule has 2 aromatic carbocycles. The van der Waals surface area contributed by atoms with Gasteiger partial charge in [0, 0.05) is 13.6 Å². The van der Waals surface area contributed by atoms with Crippen LogP contribution in [0.3, 0.4) is 0 Å². The minimum Gasteiger partial charge on any atom is -0.357 e. The second-order valence-corrected chi connectivity index (χ2v) is 6.53. The number of likely N-dealkylation sites (N-methyl/N-ethyl adjacent to an activating group) is 1. The van der Waals surface area contributed by atoms with Crippen molar-refractivity contribution in [1.82, 2.24) is 15.5 Å². The van der Waals surface area contributed by atoms with Crippen LogP contribution in [0.2, 0.25) is 0 Å². The zero-order chi connectivity index (χ0) is 20.7. The second kappa shape index (κ2) is 11.2. The molecule has 160 valence electrons. The van der Waals surface area contributed by atoms with Crippen molar-refractivity contribution < 1.29 is 18.0 Å². The first-order valence-electron chi connectivity index (χ1n) is 9.04. The van der Waals surface area contributed by atoms with Crippen LogP contribution in [0.25, 0.3) is 10.8 Å². The number of aliphatic imine (C=N–C) groups is 1. The van der Waals surface area contributed by atoms with Crippen molar-refractivity contribution in [3.05, 3.63) is 48.0 Å². The molecule has 0 fully saturated rings. The van der Waals surface area contributed by atoms with Gasteiger partial charge in [0.05, 0.1) is 6.04 Å². The summed E-state index contributed by atoms with van der Waals surface area (Å²) in [5.74, 6) is -0.329. The average molecular weight is 522 g/mol. The third-order valence-electron chi connectivity index (χ3n) is 4.19. The van der Waals surface area contributed by atoms with E-state index in [-0.39, 0.29) is 36.6 Å². The van der Waals surface area contributed by atoms with Crippen molar-refractivity contribution >= 4 is 46.6 Å². The molecule has 0 saturated heterocycles.